The van der Waals surface area contributed by atoms with Crippen molar-refractivity contribution in [3.05, 3.63) is 66.8 Å². The van der Waals surface area contributed by atoms with Crippen molar-refractivity contribution >= 4 is 29.0 Å². The molecule has 3 heterocycles. The molecule has 0 bridgehead atoms. The Labute approximate surface area is 178 Å². The molecule has 4 N–H and O–H groups in total. The average molecular weight is 415 g/mol. The van der Waals surface area contributed by atoms with E-state index in [1.54, 1.807) is 18.7 Å². The standard InChI is InChI=1S/C21H21N9O/c1-13-2-3-15(28-20(31)19-22-6-7-23-19)10-16(13)29-21-24-8-9-30(21)18-11-17(25-12-26-18)27-14-4-5-14/h2-3,6-12,14H,4-5H2,1H3,(H,22,23)(H,24,29)(H,28,31)(H,25,26,27). The second kappa shape index (κ2) is 7.90. The van der Waals surface area contributed by atoms with Crippen molar-refractivity contribution in [2.24, 2.45) is 0 Å². The predicted molar refractivity (Wildman–Crippen MR) is 117 cm³/mol. The number of nitrogens with zero attached hydrogens (tertiary/aromatic N) is 5. The first-order valence-electron chi connectivity index (χ1n) is 9.96. The summed E-state index contributed by atoms with van der Waals surface area (Å²) >= 11 is 0. The molecule has 0 saturated heterocycles. The Balaban J connectivity index is 1.37. The predicted octanol–water partition coefficient (Wildman–Crippen LogP) is 3.26. The van der Waals surface area contributed by atoms with E-state index in [4.69, 9.17) is 0 Å². The monoisotopic (exact) mass is 415 g/mol. The minimum atomic E-state index is -0.307. The van der Waals surface area contributed by atoms with Crippen LogP contribution in [0.3, 0.4) is 0 Å². The molecule has 1 amide bonds. The quantitative estimate of drug-likeness (QED) is 0.365. The van der Waals surface area contributed by atoms with Gasteiger partial charge in [-0.3, -0.25) is 9.36 Å². The van der Waals surface area contributed by atoms with Gasteiger partial charge in [-0.05, 0) is 37.5 Å². The van der Waals surface area contributed by atoms with E-state index in [9.17, 15) is 4.79 Å². The summed E-state index contributed by atoms with van der Waals surface area (Å²) < 4.78 is 1.85. The maximum Gasteiger partial charge on any atom is 0.291 e. The fourth-order valence-corrected chi connectivity index (χ4v) is 3.11. The van der Waals surface area contributed by atoms with Crippen LogP contribution in [0.5, 0.6) is 0 Å². The number of H-pyrrole nitrogens is 1. The van der Waals surface area contributed by atoms with Gasteiger partial charge in [-0.2, -0.15) is 0 Å². The summed E-state index contributed by atoms with van der Waals surface area (Å²) in [7, 11) is 0. The third-order valence-electron chi connectivity index (χ3n) is 4.92. The molecule has 0 aliphatic heterocycles. The molecule has 4 aromatic rings. The number of carbonyl (C=O) groups excluding carboxylic acids is 1. The summed E-state index contributed by atoms with van der Waals surface area (Å²) in [6.07, 6.45) is 10.6. The lowest BCUT2D eigenvalue weighted by atomic mass is 10.2. The van der Waals surface area contributed by atoms with Crippen molar-refractivity contribution < 1.29 is 4.79 Å². The molecule has 5 rings (SSSR count). The van der Waals surface area contributed by atoms with Crippen LogP contribution in [0.2, 0.25) is 0 Å². The number of imidazole rings is 2. The highest BCUT2D eigenvalue weighted by Gasteiger charge is 2.21. The number of benzene rings is 1. The van der Waals surface area contributed by atoms with Gasteiger partial charge in [-0.1, -0.05) is 6.07 Å². The van der Waals surface area contributed by atoms with Gasteiger partial charge in [-0.15, -0.1) is 0 Å². The Kier molecular flexibility index (Phi) is 4.79. The van der Waals surface area contributed by atoms with E-state index in [0.29, 0.717) is 23.5 Å². The third-order valence-corrected chi connectivity index (χ3v) is 4.92. The van der Waals surface area contributed by atoms with Crippen molar-refractivity contribution in [3.63, 3.8) is 0 Å². The van der Waals surface area contributed by atoms with Crippen molar-refractivity contribution in [1.82, 2.24) is 29.5 Å². The first-order chi connectivity index (χ1) is 15.2. The fraction of sp³-hybridized carbons (Fsp3) is 0.190. The Hall–Kier alpha value is -4.21. The summed E-state index contributed by atoms with van der Waals surface area (Å²) in [6.45, 7) is 1.98. The summed E-state index contributed by atoms with van der Waals surface area (Å²) in [4.78, 5) is 32.2. The van der Waals surface area contributed by atoms with E-state index >= 15 is 0 Å². The van der Waals surface area contributed by atoms with Crippen LogP contribution >= 0.6 is 0 Å². The van der Waals surface area contributed by atoms with Gasteiger partial charge in [0.25, 0.3) is 5.91 Å². The Bertz CT molecular complexity index is 1210. The van der Waals surface area contributed by atoms with Crippen LogP contribution in [0, 0.1) is 6.92 Å². The van der Waals surface area contributed by atoms with Crippen molar-refractivity contribution in [1.29, 1.82) is 0 Å². The smallest absolute Gasteiger partial charge is 0.291 e. The fourth-order valence-electron chi connectivity index (χ4n) is 3.11. The van der Waals surface area contributed by atoms with Gasteiger partial charge in [-0.25, -0.2) is 19.9 Å². The molecule has 3 aromatic heterocycles. The zero-order valence-electron chi connectivity index (χ0n) is 16.8. The van der Waals surface area contributed by atoms with E-state index in [1.807, 2.05) is 42.0 Å². The molecule has 0 atom stereocenters. The molecule has 10 nitrogen and oxygen atoms in total. The van der Waals surface area contributed by atoms with Crippen LogP contribution in [-0.4, -0.2) is 41.4 Å². The summed E-state index contributed by atoms with van der Waals surface area (Å²) in [5.74, 6) is 2.06. The second-order valence-electron chi connectivity index (χ2n) is 7.35. The highest BCUT2D eigenvalue weighted by atomic mass is 16.2. The second-order valence-corrected chi connectivity index (χ2v) is 7.35. The first-order valence-corrected chi connectivity index (χ1v) is 9.96. The summed E-state index contributed by atoms with van der Waals surface area (Å²) in [5.41, 5.74) is 2.46. The van der Waals surface area contributed by atoms with Crippen molar-refractivity contribution in [2.75, 3.05) is 16.0 Å². The molecule has 1 aliphatic rings. The molecule has 10 heteroatoms. The lowest BCUT2D eigenvalue weighted by Crippen LogP contribution is -2.14. The molecule has 1 aliphatic carbocycles. The molecule has 1 fully saturated rings. The van der Waals surface area contributed by atoms with Gasteiger partial charge in [0, 0.05) is 48.3 Å². The minimum Gasteiger partial charge on any atom is -0.367 e. The van der Waals surface area contributed by atoms with E-state index in [1.165, 1.54) is 19.0 Å². The number of amides is 1. The lowest BCUT2D eigenvalue weighted by molar-refractivity contribution is 0.101. The zero-order valence-corrected chi connectivity index (χ0v) is 16.8. The van der Waals surface area contributed by atoms with Gasteiger partial charge in [0.1, 0.15) is 18.0 Å². The number of aromatic nitrogens is 6. The van der Waals surface area contributed by atoms with Gasteiger partial charge in [0.2, 0.25) is 5.95 Å². The number of hydrogen-bond acceptors (Lipinski definition) is 7. The van der Waals surface area contributed by atoms with Crippen LogP contribution in [-0.2, 0) is 0 Å². The van der Waals surface area contributed by atoms with E-state index in [-0.39, 0.29) is 11.7 Å². The minimum absolute atomic E-state index is 0.255. The highest BCUT2D eigenvalue weighted by Crippen LogP contribution is 2.27. The van der Waals surface area contributed by atoms with Gasteiger partial charge < -0.3 is 20.9 Å². The van der Waals surface area contributed by atoms with E-state index in [0.717, 1.165) is 17.1 Å². The van der Waals surface area contributed by atoms with Crippen molar-refractivity contribution in [3.8, 4) is 5.82 Å². The summed E-state index contributed by atoms with van der Waals surface area (Å²) in [5, 5.41) is 9.56. The average Bonchev–Trinajstić information content (AvgIpc) is 3.23. The Morgan fingerprint density at radius 3 is 2.84 bits per heavy atom. The number of carbonyl (C=O) groups is 1. The van der Waals surface area contributed by atoms with Crippen LogP contribution in [0.4, 0.5) is 23.1 Å². The largest absolute Gasteiger partial charge is 0.367 e. The number of aromatic amines is 1. The molecule has 1 aromatic carbocycles. The maximum atomic E-state index is 12.3. The third kappa shape index (κ3) is 4.22. The van der Waals surface area contributed by atoms with Crippen LogP contribution in [0.25, 0.3) is 5.82 Å². The molecule has 156 valence electrons. The molecule has 0 spiro atoms. The summed E-state index contributed by atoms with van der Waals surface area (Å²) in [6, 6.07) is 8.03. The molecular weight excluding hydrogens is 394 g/mol. The number of anilines is 4. The number of rotatable bonds is 7. The van der Waals surface area contributed by atoms with Gasteiger partial charge >= 0.3 is 0 Å². The molecule has 0 radical (unpaired) electrons. The lowest BCUT2D eigenvalue weighted by Gasteiger charge is -2.13. The zero-order chi connectivity index (χ0) is 21.2. The topological polar surface area (TPSA) is 125 Å². The number of aryl methyl sites for hydroxylation is 1. The Morgan fingerprint density at radius 2 is 2.03 bits per heavy atom. The number of hydrogen-bond donors (Lipinski definition) is 4. The normalized spacial score (nSPS) is 13.1. The number of nitrogens with one attached hydrogen (secondary N) is 4. The molecule has 1 saturated carbocycles. The van der Waals surface area contributed by atoms with Gasteiger partial charge in [0.05, 0.1) is 0 Å². The highest BCUT2D eigenvalue weighted by molar-refractivity contribution is 6.01. The van der Waals surface area contributed by atoms with Crippen LogP contribution in [0.1, 0.15) is 29.0 Å². The van der Waals surface area contributed by atoms with E-state index in [2.05, 4.69) is 40.9 Å². The van der Waals surface area contributed by atoms with Crippen LogP contribution in [0.15, 0.2) is 55.4 Å². The Morgan fingerprint density at radius 1 is 1.13 bits per heavy atom. The molecular formula is C21H21N9O. The first kappa shape index (κ1) is 18.8. The van der Waals surface area contributed by atoms with Crippen molar-refractivity contribution in [2.45, 2.75) is 25.8 Å². The SMILES string of the molecule is Cc1ccc(NC(=O)c2ncc[nH]2)cc1Nc1nccn1-c1cc(NC2CC2)ncn1. The molecule has 31 heavy (non-hydrogen) atoms. The molecule has 0 unspecified atom stereocenters. The maximum absolute atomic E-state index is 12.3. The van der Waals surface area contributed by atoms with E-state index < -0.39 is 0 Å². The van der Waals surface area contributed by atoms with Gasteiger partial charge in [0.15, 0.2) is 5.82 Å². The van der Waals surface area contributed by atoms with Crippen LogP contribution < -0.4 is 16.0 Å².